The van der Waals surface area contributed by atoms with Gasteiger partial charge in [-0.05, 0) is 6.42 Å². The molecule has 0 bridgehead atoms. The maximum atomic E-state index is 5.75. The average Bonchev–Trinajstić information content (AvgIpc) is 2.38. The molecule has 1 aromatic heterocycles. The van der Waals surface area contributed by atoms with Gasteiger partial charge in [-0.2, -0.15) is 0 Å². The fourth-order valence-electron chi connectivity index (χ4n) is 0.704. The lowest BCUT2D eigenvalue weighted by Gasteiger charge is -2.02. The molecule has 0 saturated heterocycles. The Bertz CT molecular complexity index is 193. The van der Waals surface area contributed by atoms with E-state index in [1.165, 1.54) is 0 Å². The Morgan fingerprint density at radius 3 is 3.20 bits per heavy atom. The zero-order valence-electron chi connectivity index (χ0n) is 5.66. The first-order valence-electron chi connectivity index (χ1n) is 3.09. The zero-order chi connectivity index (χ0) is 7.40. The maximum Gasteiger partial charge on any atom is 0.0794 e. The van der Waals surface area contributed by atoms with Crippen LogP contribution in [0.4, 0.5) is 0 Å². The lowest BCUT2D eigenvalue weighted by atomic mass is 10.2. The van der Waals surface area contributed by atoms with Crippen LogP contribution in [0.1, 0.15) is 17.3 Å². The number of hydrogen-bond donors (Lipinski definition) is 1. The second kappa shape index (κ2) is 3.49. The summed E-state index contributed by atoms with van der Waals surface area (Å²) in [6, 6.07) is 0.0880. The minimum atomic E-state index is 0.0880. The number of rotatable bonds is 3. The van der Waals surface area contributed by atoms with E-state index in [1.807, 2.05) is 6.08 Å². The monoisotopic (exact) mass is 154 g/mol. The highest BCUT2D eigenvalue weighted by Gasteiger charge is 2.03. The topological polar surface area (TPSA) is 38.9 Å². The molecule has 0 amide bonds. The molecule has 10 heavy (non-hydrogen) atoms. The lowest BCUT2D eigenvalue weighted by molar-refractivity contribution is 0.755. The molecular weight excluding hydrogens is 144 g/mol. The van der Waals surface area contributed by atoms with Crippen molar-refractivity contribution >= 4 is 11.3 Å². The Labute approximate surface area is 64.4 Å². The molecule has 0 aliphatic carbocycles. The van der Waals surface area contributed by atoms with Crippen molar-refractivity contribution in [2.24, 2.45) is 5.73 Å². The quantitative estimate of drug-likeness (QED) is 0.673. The smallest absolute Gasteiger partial charge is 0.0794 e. The van der Waals surface area contributed by atoms with Crippen molar-refractivity contribution in [3.8, 4) is 0 Å². The molecule has 0 saturated carbocycles. The minimum Gasteiger partial charge on any atom is -0.323 e. The standard InChI is InChI=1S/C7H10N2S/c1-2-3-6(8)7-4-9-5-10-7/h2,4-6H,1,3,8H2. The van der Waals surface area contributed by atoms with E-state index in [1.54, 1.807) is 23.0 Å². The van der Waals surface area contributed by atoms with Gasteiger partial charge in [0.15, 0.2) is 0 Å². The van der Waals surface area contributed by atoms with E-state index < -0.39 is 0 Å². The molecule has 1 unspecified atom stereocenters. The minimum absolute atomic E-state index is 0.0880. The van der Waals surface area contributed by atoms with Gasteiger partial charge in [0.2, 0.25) is 0 Å². The number of nitrogens with zero attached hydrogens (tertiary/aromatic N) is 1. The van der Waals surface area contributed by atoms with Crippen LogP contribution < -0.4 is 5.73 Å². The van der Waals surface area contributed by atoms with Crippen LogP contribution in [-0.2, 0) is 0 Å². The van der Waals surface area contributed by atoms with Crippen LogP contribution in [0.5, 0.6) is 0 Å². The van der Waals surface area contributed by atoms with E-state index in [0.29, 0.717) is 0 Å². The first-order chi connectivity index (χ1) is 4.84. The van der Waals surface area contributed by atoms with Gasteiger partial charge < -0.3 is 5.73 Å². The summed E-state index contributed by atoms with van der Waals surface area (Å²) in [5.74, 6) is 0. The second-order valence-corrected chi connectivity index (χ2v) is 2.95. The fourth-order valence-corrected chi connectivity index (χ4v) is 1.34. The summed E-state index contributed by atoms with van der Waals surface area (Å²) in [6.07, 6.45) is 4.45. The first kappa shape index (κ1) is 7.44. The molecule has 3 heteroatoms. The highest BCUT2D eigenvalue weighted by atomic mass is 32.1. The zero-order valence-corrected chi connectivity index (χ0v) is 6.47. The molecule has 0 aliphatic heterocycles. The van der Waals surface area contributed by atoms with Crippen LogP contribution in [0, 0.1) is 0 Å². The first-order valence-corrected chi connectivity index (χ1v) is 3.97. The molecule has 0 aromatic carbocycles. The third-order valence-electron chi connectivity index (χ3n) is 1.24. The van der Waals surface area contributed by atoms with E-state index in [9.17, 15) is 0 Å². The summed E-state index contributed by atoms with van der Waals surface area (Å²) >= 11 is 1.59. The molecule has 1 aromatic rings. The second-order valence-electron chi connectivity index (χ2n) is 2.03. The molecule has 1 rings (SSSR count). The molecule has 0 aliphatic rings. The molecule has 1 heterocycles. The van der Waals surface area contributed by atoms with E-state index in [2.05, 4.69) is 11.6 Å². The lowest BCUT2D eigenvalue weighted by Crippen LogP contribution is -2.06. The van der Waals surface area contributed by atoms with E-state index >= 15 is 0 Å². The van der Waals surface area contributed by atoms with Gasteiger partial charge in [0, 0.05) is 17.1 Å². The SMILES string of the molecule is C=CCC(N)c1cncs1. The van der Waals surface area contributed by atoms with E-state index in [4.69, 9.17) is 5.73 Å². The summed E-state index contributed by atoms with van der Waals surface area (Å²) < 4.78 is 0. The fraction of sp³-hybridized carbons (Fsp3) is 0.286. The van der Waals surface area contributed by atoms with Crippen molar-refractivity contribution in [3.05, 3.63) is 29.2 Å². The van der Waals surface area contributed by atoms with Gasteiger partial charge in [-0.15, -0.1) is 17.9 Å². The van der Waals surface area contributed by atoms with Crippen LogP contribution in [0.25, 0.3) is 0 Å². The summed E-state index contributed by atoms with van der Waals surface area (Å²) in [5, 5.41) is 0. The van der Waals surface area contributed by atoms with Gasteiger partial charge in [-0.1, -0.05) is 6.08 Å². The van der Waals surface area contributed by atoms with E-state index in [0.717, 1.165) is 11.3 Å². The van der Waals surface area contributed by atoms with Gasteiger partial charge in [-0.25, -0.2) is 0 Å². The summed E-state index contributed by atoms with van der Waals surface area (Å²) in [6.45, 7) is 3.61. The predicted molar refractivity (Wildman–Crippen MR) is 43.9 cm³/mol. The van der Waals surface area contributed by atoms with Gasteiger partial charge in [0.25, 0.3) is 0 Å². The molecule has 2 nitrogen and oxygen atoms in total. The van der Waals surface area contributed by atoms with Crippen LogP contribution in [-0.4, -0.2) is 4.98 Å². The predicted octanol–water partition coefficient (Wildman–Crippen LogP) is 1.72. The third kappa shape index (κ3) is 1.65. The van der Waals surface area contributed by atoms with Crippen molar-refractivity contribution < 1.29 is 0 Å². The molecule has 54 valence electrons. The highest BCUT2D eigenvalue weighted by Crippen LogP contribution is 2.17. The average molecular weight is 154 g/mol. The molecule has 0 radical (unpaired) electrons. The van der Waals surface area contributed by atoms with E-state index in [-0.39, 0.29) is 6.04 Å². The third-order valence-corrected chi connectivity index (χ3v) is 2.14. The van der Waals surface area contributed by atoms with Crippen molar-refractivity contribution in [2.45, 2.75) is 12.5 Å². The summed E-state index contributed by atoms with van der Waals surface area (Å²) in [4.78, 5) is 5.05. The molecule has 2 N–H and O–H groups in total. The van der Waals surface area contributed by atoms with Crippen LogP contribution in [0.3, 0.4) is 0 Å². The van der Waals surface area contributed by atoms with Gasteiger partial charge in [0.05, 0.1) is 5.51 Å². The number of hydrogen-bond acceptors (Lipinski definition) is 3. The van der Waals surface area contributed by atoms with Gasteiger partial charge in [0.1, 0.15) is 0 Å². The van der Waals surface area contributed by atoms with Crippen molar-refractivity contribution in [3.63, 3.8) is 0 Å². The van der Waals surface area contributed by atoms with Gasteiger partial charge >= 0.3 is 0 Å². The van der Waals surface area contributed by atoms with Gasteiger partial charge in [-0.3, -0.25) is 4.98 Å². The Balaban J connectivity index is 2.58. The summed E-state index contributed by atoms with van der Waals surface area (Å²) in [7, 11) is 0. The normalized spacial score (nSPS) is 12.9. The van der Waals surface area contributed by atoms with Crippen molar-refractivity contribution in [2.75, 3.05) is 0 Å². The number of nitrogens with two attached hydrogens (primary N) is 1. The molecule has 0 spiro atoms. The van der Waals surface area contributed by atoms with Crippen LogP contribution in [0.2, 0.25) is 0 Å². The Kier molecular flexibility index (Phi) is 2.59. The Hall–Kier alpha value is -0.670. The van der Waals surface area contributed by atoms with Crippen LogP contribution >= 0.6 is 11.3 Å². The largest absolute Gasteiger partial charge is 0.323 e. The van der Waals surface area contributed by atoms with Crippen molar-refractivity contribution in [1.82, 2.24) is 4.98 Å². The van der Waals surface area contributed by atoms with Crippen LogP contribution in [0.15, 0.2) is 24.4 Å². The maximum absolute atomic E-state index is 5.75. The van der Waals surface area contributed by atoms with Crippen molar-refractivity contribution in [1.29, 1.82) is 0 Å². The number of aromatic nitrogens is 1. The Morgan fingerprint density at radius 1 is 1.90 bits per heavy atom. The number of thiazole rings is 1. The molecule has 1 atom stereocenters. The Morgan fingerprint density at radius 2 is 2.70 bits per heavy atom. The molecular formula is C7H10N2S. The molecule has 0 fully saturated rings. The summed E-state index contributed by atoms with van der Waals surface area (Å²) in [5.41, 5.74) is 7.54. The highest BCUT2D eigenvalue weighted by molar-refractivity contribution is 7.09.